The third kappa shape index (κ3) is 2.88. The second kappa shape index (κ2) is 5.53. The van der Waals surface area contributed by atoms with E-state index < -0.39 is 0 Å². The number of H-pyrrole nitrogens is 1. The molecule has 0 aliphatic carbocycles. The molecule has 1 amide bonds. The topological polar surface area (TPSA) is 83.6 Å². The molecule has 0 radical (unpaired) electrons. The van der Waals surface area contributed by atoms with Crippen molar-refractivity contribution in [3.8, 4) is 0 Å². The van der Waals surface area contributed by atoms with E-state index in [1.54, 1.807) is 6.20 Å². The molecule has 0 aromatic carbocycles. The average molecular weight is 251 g/mol. The number of aryl methyl sites for hydroxylation is 1. The molecule has 2 rings (SSSR count). The van der Waals surface area contributed by atoms with Crippen molar-refractivity contribution in [2.75, 3.05) is 0 Å². The Labute approximate surface area is 103 Å². The lowest BCUT2D eigenvalue weighted by atomic mass is 10.2. The van der Waals surface area contributed by atoms with Crippen LogP contribution in [0.25, 0.3) is 0 Å². The van der Waals surface area contributed by atoms with Crippen molar-refractivity contribution in [2.45, 2.75) is 26.3 Å². The van der Waals surface area contributed by atoms with Crippen LogP contribution in [0.1, 0.15) is 34.4 Å². The number of nitrogens with one attached hydrogen (secondary N) is 2. The van der Waals surface area contributed by atoms with Gasteiger partial charge < -0.3 is 5.32 Å². The Morgan fingerprint density at radius 3 is 3.18 bits per heavy atom. The van der Waals surface area contributed by atoms with Crippen LogP contribution in [0, 0.1) is 0 Å². The van der Waals surface area contributed by atoms with E-state index in [9.17, 15) is 4.79 Å². The highest BCUT2D eigenvalue weighted by Gasteiger charge is 2.15. The fraction of sp³-hybridized carbons (Fsp3) is 0.400. The van der Waals surface area contributed by atoms with Gasteiger partial charge in [-0.05, 0) is 24.0 Å². The van der Waals surface area contributed by atoms with Gasteiger partial charge >= 0.3 is 0 Å². The molecule has 0 unspecified atom stereocenters. The first-order valence-corrected chi connectivity index (χ1v) is 6.16. The minimum atomic E-state index is -0.127. The number of aromatic nitrogens is 4. The Hall–Kier alpha value is -1.76. The van der Waals surface area contributed by atoms with E-state index in [4.69, 9.17) is 0 Å². The second-order valence-corrected chi connectivity index (χ2v) is 4.32. The van der Waals surface area contributed by atoms with Gasteiger partial charge in [0.05, 0.1) is 17.9 Å². The molecule has 2 aromatic rings. The summed E-state index contributed by atoms with van der Waals surface area (Å²) in [7, 11) is 0. The summed E-state index contributed by atoms with van der Waals surface area (Å²) >= 11 is 1.14. The molecule has 6 nitrogen and oxygen atoms in total. The van der Waals surface area contributed by atoms with Crippen molar-refractivity contribution in [3.63, 3.8) is 0 Å². The first-order chi connectivity index (χ1) is 8.31. The number of amides is 1. The first kappa shape index (κ1) is 11.7. The molecule has 7 heteroatoms. The van der Waals surface area contributed by atoms with E-state index in [-0.39, 0.29) is 5.91 Å². The van der Waals surface area contributed by atoms with Crippen LogP contribution in [0.15, 0.2) is 12.3 Å². The number of hydrogen-bond acceptors (Lipinski definition) is 5. The van der Waals surface area contributed by atoms with Crippen molar-refractivity contribution in [1.82, 2.24) is 25.1 Å². The van der Waals surface area contributed by atoms with Crippen LogP contribution >= 0.6 is 11.5 Å². The number of aromatic amines is 1. The number of rotatable bonds is 5. The van der Waals surface area contributed by atoms with Crippen LogP contribution < -0.4 is 5.32 Å². The van der Waals surface area contributed by atoms with E-state index >= 15 is 0 Å². The molecule has 0 aliphatic rings. The highest BCUT2D eigenvalue weighted by Crippen LogP contribution is 2.12. The smallest absolute Gasteiger partial charge is 0.265 e. The van der Waals surface area contributed by atoms with E-state index in [0.29, 0.717) is 11.4 Å². The normalized spacial score (nSPS) is 10.4. The van der Waals surface area contributed by atoms with Gasteiger partial charge in [-0.2, -0.15) is 5.10 Å². The molecular weight excluding hydrogens is 238 g/mol. The van der Waals surface area contributed by atoms with Crippen LogP contribution in [0.3, 0.4) is 0 Å². The molecule has 2 aromatic heterocycles. The van der Waals surface area contributed by atoms with Crippen LogP contribution in [0.4, 0.5) is 0 Å². The fourth-order valence-corrected chi connectivity index (χ4v) is 2.04. The standard InChI is InChI=1S/C10H13N5OS/c1-2-3-8-9(17-15-14-8)10(16)11-6-7-4-5-12-13-7/h4-5H,2-3,6H2,1H3,(H,11,16)(H,12,13). The summed E-state index contributed by atoms with van der Waals surface area (Å²) in [6, 6.07) is 1.82. The molecule has 0 saturated carbocycles. The Morgan fingerprint density at radius 2 is 2.47 bits per heavy atom. The maximum atomic E-state index is 11.9. The van der Waals surface area contributed by atoms with Gasteiger partial charge in [0.15, 0.2) is 0 Å². The summed E-state index contributed by atoms with van der Waals surface area (Å²) in [5, 5.41) is 13.4. The molecule has 0 fully saturated rings. The summed E-state index contributed by atoms with van der Waals surface area (Å²) in [4.78, 5) is 12.5. The van der Waals surface area contributed by atoms with E-state index in [1.807, 2.05) is 13.0 Å². The molecule has 0 saturated heterocycles. The summed E-state index contributed by atoms with van der Waals surface area (Å²) in [6.07, 6.45) is 3.38. The maximum Gasteiger partial charge on any atom is 0.265 e. The number of carbonyl (C=O) groups is 1. The average Bonchev–Trinajstić information content (AvgIpc) is 2.97. The molecule has 17 heavy (non-hydrogen) atoms. The van der Waals surface area contributed by atoms with Gasteiger partial charge in [-0.1, -0.05) is 17.8 Å². The minimum Gasteiger partial charge on any atom is -0.346 e. The Morgan fingerprint density at radius 1 is 1.59 bits per heavy atom. The van der Waals surface area contributed by atoms with Gasteiger partial charge in [-0.15, -0.1) is 5.10 Å². The predicted molar refractivity (Wildman–Crippen MR) is 63.7 cm³/mol. The SMILES string of the molecule is CCCc1nnsc1C(=O)NCc1ccn[nH]1. The molecule has 2 heterocycles. The third-order valence-corrected chi connectivity index (χ3v) is 3.01. The van der Waals surface area contributed by atoms with Gasteiger partial charge in [0, 0.05) is 6.20 Å². The summed E-state index contributed by atoms with van der Waals surface area (Å²) in [5.41, 5.74) is 1.65. The lowest BCUT2D eigenvalue weighted by Crippen LogP contribution is -2.23. The van der Waals surface area contributed by atoms with Crippen molar-refractivity contribution in [2.24, 2.45) is 0 Å². The summed E-state index contributed by atoms with van der Waals surface area (Å²) in [5.74, 6) is -0.127. The van der Waals surface area contributed by atoms with Crippen molar-refractivity contribution >= 4 is 17.4 Å². The quantitative estimate of drug-likeness (QED) is 0.834. The molecule has 0 spiro atoms. The van der Waals surface area contributed by atoms with Gasteiger partial charge in [-0.3, -0.25) is 9.89 Å². The van der Waals surface area contributed by atoms with E-state index in [2.05, 4.69) is 25.1 Å². The van der Waals surface area contributed by atoms with Crippen LogP contribution in [0.2, 0.25) is 0 Å². The zero-order valence-corrected chi connectivity index (χ0v) is 10.3. The van der Waals surface area contributed by atoms with Crippen molar-refractivity contribution in [1.29, 1.82) is 0 Å². The number of carbonyl (C=O) groups excluding carboxylic acids is 1. The van der Waals surface area contributed by atoms with Gasteiger partial charge in [-0.25, -0.2) is 0 Å². The lowest BCUT2D eigenvalue weighted by molar-refractivity contribution is 0.0953. The molecule has 0 bridgehead atoms. The fourth-order valence-electron chi connectivity index (χ4n) is 1.42. The highest BCUT2D eigenvalue weighted by molar-refractivity contribution is 7.08. The van der Waals surface area contributed by atoms with E-state index in [0.717, 1.165) is 35.8 Å². The monoisotopic (exact) mass is 251 g/mol. The van der Waals surface area contributed by atoms with Gasteiger partial charge in [0.2, 0.25) is 0 Å². The maximum absolute atomic E-state index is 11.9. The van der Waals surface area contributed by atoms with Crippen LogP contribution in [-0.4, -0.2) is 25.7 Å². The lowest BCUT2D eigenvalue weighted by Gasteiger charge is -2.02. The molecular formula is C10H13N5OS. The molecule has 0 aliphatic heterocycles. The minimum absolute atomic E-state index is 0.127. The second-order valence-electron chi connectivity index (χ2n) is 3.56. The summed E-state index contributed by atoms with van der Waals surface area (Å²) < 4.78 is 3.82. The molecule has 2 N–H and O–H groups in total. The van der Waals surface area contributed by atoms with Gasteiger partial charge in [0.25, 0.3) is 5.91 Å². The number of nitrogens with zero attached hydrogens (tertiary/aromatic N) is 3. The van der Waals surface area contributed by atoms with Crippen molar-refractivity contribution < 1.29 is 4.79 Å². The zero-order chi connectivity index (χ0) is 12.1. The highest BCUT2D eigenvalue weighted by atomic mass is 32.1. The van der Waals surface area contributed by atoms with Crippen LogP contribution in [0.5, 0.6) is 0 Å². The Bertz CT molecular complexity index is 479. The van der Waals surface area contributed by atoms with Crippen LogP contribution in [-0.2, 0) is 13.0 Å². The van der Waals surface area contributed by atoms with Gasteiger partial charge in [0.1, 0.15) is 4.88 Å². The molecule has 90 valence electrons. The Kier molecular flexibility index (Phi) is 3.81. The summed E-state index contributed by atoms with van der Waals surface area (Å²) in [6.45, 7) is 2.48. The largest absolute Gasteiger partial charge is 0.346 e. The Balaban J connectivity index is 1.97. The van der Waals surface area contributed by atoms with Crippen molar-refractivity contribution in [3.05, 3.63) is 28.5 Å². The first-order valence-electron chi connectivity index (χ1n) is 5.39. The van der Waals surface area contributed by atoms with E-state index in [1.165, 1.54) is 0 Å². The molecule has 0 atom stereocenters. The third-order valence-electron chi connectivity index (χ3n) is 2.25. The number of hydrogen-bond donors (Lipinski definition) is 2. The predicted octanol–water partition coefficient (Wildman–Crippen LogP) is 1.14. The zero-order valence-electron chi connectivity index (χ0n) is 9.43.